The summed E-state index contributed by atoms with van der Waals surface area (Å²) in [5, 5.41) is 10.8. The number of carbonyl (C=O) groups is 2. The molecular formula is C24H16ClIN2O8S2. The number of nitro benzene ring substituents is 1. The number of nitrogens with zero attached hydrogens (tertiary/aromatic N) is 2. The molecule has 2 amide bonds. The lowest BCUT2D eigenvalue weighted by Gasteiger charge is -2.14. The lowest BCUT2D eigenvalue weighted by molar-refractivity contribution is -0.384. The fraction of sp³-hybridized carbons (Fsp3) is 0.0833. The second-order valence-corrected chi connectivity index (χ2v) is 11.8. The maximum atomic E-state index is 12.9. The van der Waals surface area contributed by atoms with E-state index >= 15 is 0 Å². The summed E-state index contributed by atoms with van der Waals surface area (Å²) < 4.78 is 36.6. The van der Waals surface area contributed by atoms with Crippen LogP contribution in [0.4, 0.5) is 10.5 Å². The second kappa shape index (κ2) is 11.3. The average molecular weight is 687 g/mol. The SMILES string of the molecule is COc1cc(/C=C2\SC(=O)N(Cc3ccccc3Cl)C2=O)cc(I)c1OS(=O)(=O)c1ccc([N+](=O)[O-])cc1. The Bertz CT molecular complexity index is 1590. The van der Waals surface area contributed by atoms with Crippen LogP contribution in [0.15, 0.2) is 70.5 Å². The van der Waals surface area contributed by atoms with Crippen molar-refractivity contribution >= 4 is 79.0 Å². The highest BCUT2D eigenvalue weighted by atomic mass is 127. The quantitative estimate of drug-likeness (QED) is 0.0939. The van der Waals surface area contributed by atoms with E-state index in [4.69, 9.17) is 20.5 Å². The molecular weight excluding hydrogens is 671 g/mol. The zero-order valence-corrected chi connectivity index (χ0v) is 23.8. The lowest BCUT2D eigenvalue weighted by atomic mass is 10.1. The first-order valence-corrected chi connectivity index (χ1v) is 14.2. The maximum Gasteiger partial charge on any atom is 0.339 e. The number of rotatable bonds is 8. The van der Waals surface area contributed by atoms with Crippen molar-refractivity contribution < 1.29 is 31.9 Å². The van der Waals surface area contributed by atoms with Crippen LogP contribution in [0.5, 0.6) is 11.5 Å². The van der Waals surface area contributed by atoms with Gasteiger partial charge in [0.05, 0.1) is 27.1 Å². The first-order chi connectivity index (χ1) is 18.0. The normalized spacial score (nSPS) is 14.7. The lowest BCUT2D eigenvalue weighted by Crippen LogP contribution is -2.27. The van der Waals surface area contributed by atoms with Crippen LogP contribution in [0, 0.1) is 13.7 Å². The topological polar surface area (TPSA) is 133 Å². The third kappa shape index (κ3) is 5.95. The number of methoxy groups -OCH3 is 1. The molecule has 1 heterocycles. The Morgan fingerprint density at radius 2 is 1.82 bits per heavy atom. The minimum Gasteiger partial charge on any atom is -0.493 e. The van der Waals surface area contributed by atoms with Crippen molar-refractivity contribution in [1.29, 1.82) is 0 Å². The Morgan fingerprint density at radius 1 is 1.13 bits per heavy atom. The van der Waals surface area contributed by atoms with Gasteiger partial charge in [0.2, 0.25) is 0 Å². The van der Waals surface area contributed by atoms with Crippen molar-refractivity contribution in [2.45, 2.75) is 11.4 Å². The number of nitro groups is 1. The molecule has 14 heteroatoms. The highest BCUT2D eigenvalue weighted by Gasteiger charge is 2.35. The van der Waals surface area contributed by atoms with E-state index < -0.39 is 26.2 Å². The molecule has 10 nitrogen and oxygen atoms in total. The summed E-state index contributed by atoms with van der Waals surface area (Å²) in [5.41, 5.74) is 0.830. The largest absolute Gasteiger partial charge is 0.493 e. The molecule has 0 aromatic heterocycles. The van der Waals surface area contributed by atoms with Gasteiger partial charge in [-0.1, -0.05) is 29.8 Å². The van der Waals surface area contributed by atoms with Crippen LogP contribution < -0.4 is 8.92 Å². The van der Waals surface area contributed by atoms with Gasteiger partial charge >= 0.3 is 10.1 Å². The molecule has 0 spiro atoms. The monoisotopic (exact) mass is 686 g/mol. The van der Waals surface area contributed by atoms with Gasteiger partial charge in [0, 0.05) is 17.2 Å². The number of hydrogen-bond acceptors (Lipinski definition) is 9. The number of thioether (sulfide) groups is 1. The predicted octanol–water partition coefficient (Wildman–Crippen LogP) is 5.87. The highest BCUT2D eigenvalue weighted by Crippen LogP contribution is 2.39. The molecule has 0 unspecified atom stereocenters. The Labute approximate surface area is 240 Å². The van der Waals surface area contributed by atoms with Gasteiger partial charge in [-0.2, -0.15) is 8.42 Å². The van der Waals surface area contributed by atoms with E-state index in [2.05, 4.69) is 0 Å². The molecule has 0 aliphatic carbocycles. The molecule has 4 rings (SSSR count). The van der Waals surface area contributed by atoms with Crippen LogP contribution in [-0.4, -0.2) is 36.5 Å². The van der Waals surface area contributed by atoms with Gasteiger partial charge in [-0.3, -0.25) is 24.6 Å². The number of hydrogen-bond donors (Lipinski definition) is 0. The van der Waals surface area contributed by atoms with Crippen LogP contribution in [0.1, 0.15) is 11.1 Å². The summed E-state index contributed by atoms with van der Waals surface area (Å²) in [7, 11) is -3.03. The zero-order valence-electron chi connectivity index (χ0n) is 19.3. The number of amides is 2. The first-order valence-electron chi connectivity index (χ1n) is 10.6. The molecule has 0 radical (unpaired) electrons. The van der Waals surface area contributed by atoms with Crippen molar-refractivity contribution in [3.63, 3.8) is 0 Å². The van der Waals surface area contributed by atoms with Crippen molar-refractivity contribution in [3.8, 4) is 11.5 Å². The molecule has 1 fully saturated rings. The fourth-order valence-corrected chi connectivity index (χ4v) is 6.26. The Morgan fingerprint density at radius 3 is 2.45 bits per heavy atom. The van der Waals surface area contributed by atoms with Crippen molar-refractivity contribution in [1.82, 2.24) is 4.90 Å². The van der Waals surface area contributed by atoms with Gasteiger partial charge in [0.1, 0.15) is 4.90 Å². The minimum atomic E-state index is -4.35. The van der Waals surface area contributed by atoms with E-state index in [1.807, 2.05) is 22.6 Å². The molecule has 38 heavy (non-hydrogen) atoms. The van der Waals surface area contributed by atoms with Crippen LogP contribution >= 0.6 is 46.0 Å². The highest BCUT2D eigenvalue weighted by molar-refractivity contribution is 14.1. The number of carbonyl (C=O) groups excluding carboxylic acids is 2. The fourth-order valence-electron chi connectivity index (χ4n) is 3.38. The van der Waals surface area contributed by atoms with Gasteiger partial charge in [-0.25, -0.2) is 0 Å². The minimum absolute atomic E-state index is 0.0236. The van der Waals surface area contributed by atoms with Gasteiger partial charge in [-0.05, 0) is 81.9 Å². The van der Waals surface area contributed by atoms with Crippen molar-refractivity contribution in [2.75, 3.05) is 7.11 Å². The third-order valence-corrected chi connectivity index (χ3v) is 8.55. The van der Waals surface area contributed by atoms with Gasteiger partial charge in [0.15, 0.2) is 11.5 Å². The summed E-state index contributed by atoms with van der Waals surface area (Å²) in [4.78, 5) is 36.7. The number of ether oxygens (including phenoxy) is 1. The predicted molar refractivity (Wildman–Crippen MR) is 150 cm³/mol. The van der Waals surface area contributed by atoms with Crippen LogP contribution in [0.3, 0.4) is 0 Å². The number of imide groups is 1. The molecule has 1 aliphatic heterocycles. The second-order valence-electron chi connectivity index (χ2n) is 7.68. The van der Waals surface area contributed by atoms with E-state index in [1.54, 1.807) is 30.3 Å². The molecule has 0 N–H and O–H groups in total. The van der Waals surface area contributed by atoms with Gasteiger partial charge in [-0.15, -0.1) is 0 Å². The first kappa shape index (κ1) is 27.9. The van der Waals surface area contributed by atoms with E-state index in [1.165, 1.54) is 19.3 Å². The Kier molecular flexibility index (Phi) is 8.30. The van der Waals surface area contributed by atoms with Crippen LogP contribution in [0.2, 0.25) is 5.02 Å². The van der Waals surface area contributed by atoms with Gasteiger partial charge < -0.3 is 8.92 Å². The molecule has 0 bridgehead atoms. The molecule has 1 saturated heterocycles. The molecule has 196 valence electrons. The molecule has 0 atom stereocenters. The summed E-state index contributed by atoms with van der Waals surface area (Å²) in [5.74, 6) is -0.533. The summed E-state index contributed by atoms with van der Waals surface area (Å²) in [6.07, 6.45) is 1.50. The summed E-state index contributed by atoms with van der Waals surface area (Å²) in [6, 6.07) is 14.2. The number of non-ortho nitro benzene ring substituents is 1. The van der Waals surface area contributed by atoms with Crippen molar-refractivity contribution in [3.05, 3.63) is 95.4 Å². The van der Waals surface area contributed by atoms with E-state index in [0.29, 0.717) is 19.7 Å². The number of benzene rings is 3. The third-order valence-electron chi connectivity index (χ3n) is 5.24. The molecule has 0 saturated carbocycles. The van der Waals surface area contributed by atoms with Crippen LogP contribution in [-0.2, 0) is 21.5 Å². The molecule has 1 aliphatic rings. The number of halogens is 2. The Hall–Kier alpha value is -3.14. The van der Waals surface area contributed by atoms with Crippen LogP contribution in [0.25, 0.3) is 6.08 Å². The standard InChI is InChI=1S/C24H16ClIN2O8S2/c1-35-20-11-14(12-21-23(29)27(24(30)37-21)13-15-4-2-3-5-18(15)25)10-19(26)22(20)36-38(33,34)17-8-6-16(7-9-17)28(31)32/h2-12H,13H2,1H3/b21-12-. The Balaban J connectivity index is 1.59. The molecule has 3 aromatic carbocycles. The summed E-state index contributed by atoms with van der Waals surface area (Å²) >= 11 is 8.80. The zero-order chi connectivity index (χ0) is 27.6. The maximum absolute atomic E-state index is 12.9. The van der Waals surface area contributed by atoms with Gasteiger partial charge in [0.25, 0.3) is 16.8 Å². The summed E-state index contributed by atoms with van der Waals surface area (Å²) in [6.45, 7) is 0.0236. The average Bonchev–Trinajstić information content (AvgIpc) is 3.14. The van der Waals surface area contributed by atoms with E-state index in [9.17, 15) is 28.1 Å². The smallest absolute Gasteiger partial charge is 0.339 e. The van der Waals surface area contributed by atoms with E-state index in [-0.39, 0.29) is 33.5 Å². The van der Waals surface area contributed by atoms with E-state index in [0.717, 1.165) is 40.9 Å². The molecule has 3 aromatic rings. The van der Waals surface area contributed by atoms with Crippen molar-refractivity contribution in [2.24, 2.45) is 0 Å².